The average molecular weight is 481 g/mol. The molecule has 0 atom stereocenters. The van der Waals surface area contributed by atoms with Gasteiger partial charge in [0.05, 0.1) is 38.9 Å². The Morgan fingerprint density at radius 1 is 0.694 bits per heavy atom. The summed E-state index contributed by atoms with van der Waals surface area (Å²) in [5.41, 5.74) is 9.45. The Kier molecular flexibility index (Phi) is 6.06. The molecule has 5 aromatic rings. The number of carbonyl (C=O) groups is 2. The van der Waals surface area contributed by atoms with Crippen molar-refractivity contribution < 1.29 is 18.4 Å². The molecule has 0 aliphatic heterocycles. The van der Waals surface area contributed by atoms with Crippen LogP contribution < -0.4 is 19.7 Å². The van der Waals surface area contributed by atoms with Crippen LogP contribution in [0.2, 0.25) is 0 Å². The number of pyridine rings is 2. The Morgan fingerprint density at radius 2 is 1.11 bits per heavy atom. The third-order valence-corrected chi connectivity index (χ3v) is 5.87. The highest BCUT2D eigenvalue weighted by molar-refractivity contribution is 5.98. The van der Waals surface area contributed by atoms with E-state index in [0.29, 0.717) is 11.1 Å². The highest BCUT2D eigenvalue weighted by Crippen LogP contribution is 2.06. The van der Waals surface area contributed by atoms with Gasteiger partial charge in [0, 0.05) is 23.3 Å². The number of hydrogen-bond acceptors (Lipinski definition) is 4. The molecule has 36 heavy (non-hydrogen) atoms. The lowest BCUT2D eigenvalue weighted by Gasteiger charge is -2.02. The van der Waals surface area contributed by atoms with Crippen molar-refractivity contribution in [1.82, 2.24) is 20.0 Å². The van der Waals surface area contributed by atoms with E-state index in [2.05, 4.69) is 21.1 Å². The minimum atomic E-state index is -0.379. The fraction of sp³-hybridized carbons (Fsp3) is 0.0769. The normalized spacial score (nSPS) is 11.6. The molecule has 0 saturated carbocycles. The topological polar surface area (TPSA) is 101 Å². The van der Waals surface area contributed by atoms with Gasteiger partial charge in [0.15, 0.2) is 11.4 Å². The largest absolute Gasteiger partial charge is 0.286 e. The van der Waals surface area contributed by atoms with Crippen LogP contribution in [0.15, 0.2) is 95.7 Å². The lowest BCUT2D eigenvalue weighted by atomic mass is 10.1. The van der Waals surface area contributed by atoms with Crippen molar-refractivity contribution >= 4 is 35.5 Å². The monoisotopic (exact) mass is 480 g/mol. The lowest BCUT2D eigenvalue weighted by Crippen LogP contribution is -2.20. The zero-order chi connectivity index (χ0) is 25.1. The quantitative estimate of drug-likeness (QED) is 0.218. The number of fused-ring (bicyclic) bond motifs is 2. The summed E-state index contributed by atoms with van der Waals surface area (Å²) in [4.78, 5) is 24.9. The van der Waals surface area contributed by atoms with Crippen molar-refractivity contribution in [3.63, 3.8) is 0 Å². The zero-order valence-electron chi connectivity index (χ0n) is 19.7. The van der Waals surface area contributed by atoms with Gasteiger partial charge in [-0.15, -0.1) is 0 Å². The van der Waals surface area contributed by atoms with Crippen LogP contribution in [0.3, 0.4) is 0 Å². The molecule has 2 N–H and O–H groups in total. The third-order valence-electron chi connectivity index (χ3n) is 5.87. The molecule has 10 nitrogen and oxygen atoms in total. The predicted octanol–water partition coefficient (Wildman–Crippen LogP) is 1.37. The predicted molar refractivity (Wildman–Crippen MR) is 134 cm³/mol. The van der Waals surface area contributed by atoms with Crippen molar-refractivity contribution in [2.45, 2.75) is 0 Å². The summed E-state index contributed by atoms with van der Waals surface area (Å²) < 4.78 is 7.87. The molecule has 4 aromatic heterocycles. The second-order valence-corrected chi connectivity index (χ2v) is 8.13. The van der Waals surface area contributed by atoms with E-state index in [9.17, 15) is 9.59 Å². The standard InChI is InChI=1S/C26H22N8O2/c1-31-21(17-33-13-5-3-7-23(31)33)15-27-29-25(35)19-9-11-20(12-10-19)26(36)30-28-16-22-18-34-14-6-4-8-24(34)32(22)2/h3-18H,1-2H3/p+2. The van der Waals surface area contributed by atoms with Gasteiger partial charge in [-0.05, 0) is 36.4 Å². The Bertz CT molecular complexity index is 1520. The van der Waals surface area contributed by atoms with Crippen LogP contribution >= 0.6 is 0 Å². The lowest BCUT2D eigenvalue weighted by molar-refractivity contribution is -0.510. The van der Waals surface area contributed by atoms with E-state index in [4.69, 9.17) is 0 Å². The molecule has 5 rings (SSSR count). The van der Waals surface area contributed by atoms with Crippen molar-refractivity contribution in [2.75, 3.05) is 0 Å². The number of nitrogens with one attached hydrogen (secondary N) is 2. The zero-order valence-corrected chi connectivity index (χ0v) is 19.7. The van der Waals surface area contributed by atoms with Crippen LogP contribution in [0.5, 0.6) is 0 Å². The van der Waals surface area contributed by atoms with Gasteiger partial charge in [0.25, 0.3) is 23.1 Å². The first kappa shape index (κ1) is 22.7. The number of nitrogens with zero attached hydrogens (tertiary/aromatic N) is 6. The van der Waals surface area contributed by atoms with Gasteiger partial charge in [-0.2, -0.15) is 10.2 Å². The summed E-state index contributed by atoms with van der Waals surface area (Å²) in [7, 11) is 3.85. The molecule has 2 amide bonds. The van der Waals surface area contributed by atoms with Crippen molar-refractivity contribution in [3.05, 3.63) is 108 Å². The molecule has 1 aromatic carbocycles. The van der Waals surface area contributed by atoms with Crippen molar-refractivity contribution in [1.29, 1.82) is 0 Å². The number of hydrazone groups is 2. The van der Waals surface area contributed by atoms with Gasteiger partial charge in [-0.3, -0.25) is 9.59 Å². The van der Waals surface area contributed by atoms with Crippen LogP contribution in [-0.2, 0) is 14.1 Å². The van der Waals surface area contributed by atoms with Gasteiger partial charge in [-0.1, -0.05) is 12.1 Å². The second-order valence-electron chi connectivity index (χ2n) is 8.13. The first-order chi connectivity index (χ1) is 17.5. The number of benzene rings is 1. The SMILES string of the molecule is Cn1c(C=NNC(=O)c2ccc(C(=O)NN=Cc3c[n+]4ccccc4n3C)cc2)c[n+]2ccccc12. The molecule has 10 heteroatoms. The Balaban J connectivity index is 1.18. The molecule has 178 valence electrons. The molecule has 0 fully saturated rings. The van der Waals surface area contributed by atoms with Gasteiger partial charge in [0.2, 0.25) is 0 Å². The number of hydrogen-bond donors (Lipinski definition) is 2. The van der Waals surface area contributed by atoms with Gasteiger partial charge < -0.3 is 0 Å². The van der Waals surface area contributed by atoms with Gasteiger partial charge in [0.1, 0.15) is 12.4 Å². The highest BCUT2D eigenvalue weighted by atomic mass is 16.2. The first-order valence-electron chi connectivity index (χ1n) is 11.2. The van der Waals surface area contributed by atoms with Crippen LogP contribution in [-0.4, -0.2) is 33.4 Å². The number of imidazole rings is 2. The van der Waals surface area contributed by atoms with Crippen molar-refractivity contribution in [2.24, 2.45) is 24.3 Å². The molecular weight excluding hydrogens is 456 g/mol. The van der Waals surface area contributed by atoms with E-state index in [1.54, 1.807) is 36.7 Å². The Morgan fingerprint density at radius 3 is 1.50 bits per heavy atom. The fourth-order valence-corrected chi connectivity index (χ4v) is 3.86. The maximum absolute atomic E-state index is 12.4. The van der Waals surface area contributed by atoms with Crippen LogP contribution in [0.4, 0.5) is 0 Å². The van der Waals surface area contributed by atoms with Gasteiger partial charge >= 0.3 is 0 Å². The molecule has 0 saturated heterocycles. The number of carbonyl (C=O) groups excluding carboxylic acids is 2. The summed E-state index contributed by atoms with van der Waals surface area (Å²) in [5.74, 6) is -0.758. The maximum Gasteiger partial charge on any atom is 0.286 e. The highest BCUT2D eigenvalue weighted by Gasteiger charge is 2.13. The maximum atomic E-state index is 12.4. The van der Waals surface area contributed by atoms with E-state index in [-0.39, 0.29) is 11.8 Å². The molecule has 0 bridgehead atoms. The number of rotatable bonds is 6. The number of aryl methyl sites for hydroxylation is 2. The summed E-state index contributed by atoms with van der Waals surface area (Å²) >= 11 is 0. The molecule has 4 heterocycles. The fourth-order valence-electron chi connectivity index (χ4n) is 3.86. The van der Waals surface area contributed by atoms with E-state index in [1.807, 2.05) is 93.2 Å². The molecule has 0 radical (unpaired) electrons. The summed E-state index contributed by atoms with van der Waals surface area (Å²) in [5, 5.41) is 8.13. The third kappa shape index (κ3) is 4.47. The molecule has 0 aliphatic carbocycles. The molecular formula is C26H24N8O2+2. The molecule has 0 aliphatic rings. The average Bonchev–Trinajstić information content (AvgIpc) is 3.40. The minimum Gasteiger partial charge on any atom is -0.267 e. The number of aromatic nitrogens is 4. The van der Waals surface area contributed by atoms with E-state index in [0.717, 1.165) is 22.7 Å². The van der Waals surface area contributed by atoms with E-state index < -0.39 is 0 Å². The second kappa shape index (κ2) is 9.63. The summed E-state index contributed by atoms with van der Waals surface area (Å²) in [6, 6.07) is 18.0. The van der Waals surface area contributed by atoms with Crippen LogP contribution in [0, 0.1) is 0 Å². The van der Waals surface area contributed by atoms with E-state index >= 15 is 0 Å². The molecule has 0 unspecified atom stereocenters. The van der Waals surface area contributed by atoms with E-state index in [1.165, 1.54) is 0 Å². The summed E-state index contributed by atoms with van der Waals surface area (Å²) in [6.45, 7) is 0. The smallest absolute Gasteiger partial charge is 0.267 e. The minimum absolute atomic E-state index is 0.379. The first-order valence-corrected chi connectivity index (χ1v) is 11.2. The number of amides is 2. The van der Waals surface area contributed by atoms with Crippen molar-refractivity contribution in [3.8, 4) is 0 Å². The van der Waals surface area contributed by atoms with Crippen LogP contribution in [0.25, 0.3) is 11.3 Å². The molecule has 0 spiro atoms. The van der Waals surface area contributed by atoms with Crippen LogP contribution in [0.1, 0.15) is 32.1 Å². The Labute approximate surface area is 206 Å². The van der Waals surface area contributed by atoms with Gasteiger partial charge in [-0.25, -0.2) is 28.8 Å². The Hall–Kier alpha value is -5.12. The summed E-state index contributed by atoms with van der Waals surface area (Å²) in [6.07, 6.45) is 10.9.